The van der Waals surface area contributed by atoms with Crippen molar-refractivity contribution in [2.45, 2.75) is 26.2 Å². The summed E-state index contributed by atoms with van der Waals surface area (Å²) in [6, 6.07) is 8.43. The van der Waals surface area contributed by atoms with Gasteiger partial charge in [0, 0.05) is 28.2 Å². The van der Waals surface area contributed by atoms with Crippen LogP contribution in [0.15, 0.2) is 24.3 Å². The number of rotatable bonds is 1. The molecule has 0 radical (unpaired) electrons. The molecule has 0 saturated carbocycles. The highest BCUT2D eigenvalue weighted by atomic mass is 127. The molecule has 0 N–H and O–H groups in total. The normalized spacial score (nSPS) is 11.8. The number of nitrogens with zero attached hydrogens (tertiary/aromatic N) is 2. The maximum absolute atomic E-state index is 4.45. The summed E-state index contributed by atoms with van der Waals surface area (Å²) in [4.78, 5) is 4.45. The Kier molecular flexibility index (Phi) is 3.30. The molecule has 2 rings (SSSR count). The zero-order valence-electron chi connectivity index (χ0n) is 9.49. The van der Waals surface area contributed by atoms with Crippen molar-refractivity contribution in [1.82, 2.24) is 9.36 Å². The van der Waals surface area contributed by atoms with Crippen LogP contribution in [0.1, 0.15) is 26.3 Å². The SMILES string of the molecule is CC(C)(C)c1ccccc1-c1nc(I)ns1. The van der Waals surface area contributed by atoms with Gasteiger partial charge in [-0.15, -0.1) is 0 Å². The summed E-state index contributed by atoms with van der Waals surface area (Å²) in [5, 5.41) is 1.01. The van der Waals surface area contributed by atoms with Gasteiger partial charge in [0.25, 0.3) is 0 Å². The van der Waals surface area contributed by atoms with E-state index in [4.69, 9.17) is 0 Å². The summed E-state index contributed by atoms with van der Waals surface area (Å²) in [6.45, 7) is 6.66. The van der Waals surface area contributed by atoms with E-state index in [1.807, 2.05) is 0 Å². The molecule has 1 aromatic heterocycles. The molecular weight excluding hydrogens is 331 g/mol. The van der Waals surface area contributed by atoms with Gasteiger partial charge in [0.1, 0.15) is 5.01 Å². The molecule has 0 bridgehead atoms. The van der Waals surface area contributed by atoms with Crippen molar-refractivity contribution in [2.75, 3.05) is 0 Å². The molecule has 2 aromatic rings. The average Bonchev–Trinajstić information content (AvgIpc) is 2.64. The lowest BCUT2D eigenvalue weighted by atomic mass is 9.84. The molecule has 0 spiro atoms. The van der Waals surface area contributed by atoms with Gasteiger partial charge in [0.05, 0.1) is 0 Å². The van der Waals surface area contributed by atoms with E-state index >= 15 is 0 Å². The van der Waals surface area contributed by atoms with Crippen LogP contribution >= 0.6 is 34.1 Å². The predicted octanol–water partition coefficient (Wildman–Crippen LogP) is 4.11. The quantitative estimate of drug-likeness (QED) is 0.728. The van der Waals surface area contributed by atoms with Crippen LogP contribution in [0.2, 0.25) is 0 Å². The Morgan fingerprint density at radius 1 is 1.19 bits per heavy atom. The highest BCUT2D eigenvalue weighted by Gasteiger charge is 2.19. The van der Waals surface area contributed by atoms with Crippen LogP contribution in [0, 0.1) is 3.83 Å². The van der Waals surface area contributed by atoms with E-state index < -0.39 is 0 Å². The number of hydrogen-bond donors (Lipinski definition) is 0. The number of hydrogen-bond acceptors (Lipinski definition) is 3. The topological polar surface area (TPSA) is 25.8 Å². The molecule has 0 aliphatic rings. The molecule has 0 aliphatic heterocycles. The third-order valence-electron chi connectivity index (χ3n) is 2.37. The summed E-state index contributed by atoms with van der Waals surface area (Å²) in [5.41, 5.74) is 2.66. The van der Waals surface area contributed by atoms with Crippen LogP contribution in [-0.2, 0) is 5.41 Å². The summed E-state index contributed by atoms with van der Waals surface area (Å²) in [6.07, 6.45) is 0. The van der Waals surface area contributed by atoms with Crippen molar-refractivity contribution in [2.24, 2.45) is 0 Å². The Balaban J connectivity index is 2.57. The van der Waals surface area contributed by atoms with E-state index in [0.29, 0.717) is 0 Å². The predicted molar refractivity (Wildman–Crippen MR) is 76.8 cm³/mol. The van der Waals surface area contributed by atoms with Gasteiger partial charge >= 0.3 is 0 Å². The summed E-state index contributed by atoms with van der Waals surface area (Å²) < 4.78 is 5.05. The third-order valence-corrected chi connectivity index (χ3v) is 3.92. The van der Waals surface area contributed by atoms with Gasteiger partial charge in [-0.05, 0) is 22.5 Å². The molecule has 4 heteroatoms. The van der Waals surface area contributed by atoms with Gasteiger partial charge in [-0.2, -0.15) is 4.37 Å². The van der Waals surface area contributed by atoms with E-state index in [1.54, 1.807) is 0 Å². The molecule has 1 heterocycles. The van der Waals surface area contributed by atoms with E-state index in [9.17, 15) is 0 Å². The van der Waals surface area contributed by atoms with Crippen molar-refractivity contribution in [3.8, 4) is 10.6 Å². The summed E-state index contributed by atoms with van der Waals surface area (Å²) in [7, 11) is 0. The monoisotopic (exact) mass is 344 g/mol. The van der Waals surface area contributed by atoms with Crippen LogP contribution in [0.4, 0.5) is 0 Å². The minimum Gasteiger partial charge on any atom is -0.210 e. The first-order chi connectivity index (χ1) is 7.48. The fraction of sp³-hybridized carbons (Fsp3) is 0.333. The Morgan fingerprint density at radius 3 is 2.44 bits per heavy atom. The van der Waals surface area contributed by atoms with Crippen LogP contribution in [-0.4, -0.2) is 9.36 Å². The number of halogens is 1. The second-order valence-corrected chi connectivity index (χ2v) is 6.38. The molecule has 0 aliphatic carbocycles. The Bertz CT molecular complexity index is 500. The number of benzene rings is 1. The molecule has 0 atom stereocenters. The van der Waals surface area contributed by atoms with Crippen LogP contribution in [0.5, 0.6) is 0 Å². The molecule has 0 amide bonds. The van der Waals surface area contributed by atoms with Gasteiger partial charge in [-0.1, -0.05) is 45.0 Å². The minimum atomic E-state index is 0.133. The first kappa shape index (κ1) is 12.0. The maximum atomic E-state index is 4.45. The second-order valence-electron chi connectivity index (χ2n) is 4.66. The van der Waals surface area contributed by atoms with Crippen molar-refractivity contribution in [1.29, 1.82) is 0 Å². The zero-order chi connectivity index (χ0) is 11.8. The lowest BCUT2D eigenvalue weighted by molar-refractivity contribution is 0.592. The molecule has 0 unspecified atom stereocenters. The zero-order valence-corrected chi connectivity index (χ0v) is 12.5. The lowest BCUT2D eigenvalue weighted by Crippen LogP contribution is -2.12. The highest BCUT2D eigenvalue weighted by Crippen LogP contribution is 2.33. The first-order valence-corrected chi connectivity index (χ1v) is 6.93. The number of aromatic nitrogens is 2. The fourth-order valence-corrected chi connectivity index (χ4v) is 2.95. The van der Waals surface area contributed by atoms with Gasteiger partial charge in [-0.3, -0.25) is 0 Å². The molecule has 84 valence electrons. The highest BCUT2D eigenvalue weighted by molar-refractivity contribution is 14.1. The molecule has 0 fully saturated rings. The lowest BCUT2D eigenvalue weighted by Gasteiger charge is -2.21. The molecular formula is C12H13IN2S. The Morgan fingerprint density at radius 2 is 1.88 bits per heavy atom. The molecule has 0 saturated heterocycles. The Labute approximate surface area is 113 Å². The van der Waals surface area contributed by atoms with E-state index in [2.05, 4.69) is 77.0 Å². The molecule has 16 heavy (non-hydrogen) atoms. The Hall–Kier alpha value is -0.490. The van der Waals surface area contributed by atoms with Crippen LogP contribution in [0.25, 0.3) is 10.6 Å². The summed E-state index contributed by atoms with van der Waals surface area (Å²) in [5.74, 6) is 0. The molecule has 2 nitrogen and oxygen atoms in total. The van der Waals surface area contributed by atoms with E-state index in [-0.39, 0.29) is 5.41 Å². The smallest absolute Gasteiger partial charge is 0.203 e. The van der Waals surface area contributed by atoms with Crippen LogP contribution in [0.3, 0.4) is 0 Å². The van der Waals surface area contributed by atoms with Crippen molar-refractivity contribution < 1.29 is 0 Å². The fourth-order valence-electron chi connectivity index (χ4n) is 1.64. The average molecular weight is 344 g/mol. The van der Waals surface area contributed by atoms with Gasteiger partial charge in [0.2, 0.25) is 3.83 Å². The largest absolute Gasteiger partial charge is 0.210 e. The summed E-state index contributed by atoms with van der Waals surface area (Å²) >= 11 is 3.61. The minimum absolute atomic E-state index is 0.133. The third kappa shape index (κ3) is 2.43. The van der Waals surface area contributed by atoms with Crippen molar-refractivity contribution in [3.05, 3.63) is 33.7 Å². The first-order valence-electron chi connectivity index (χ1n) is 5.07. The standard InChI is InChI=1S/C12H13IN2S/c1-12(2,3)9-7-5-4-6-8(9)10-14-11(13)15-16-10/h4-7H,1-3H3. The molecule has 1 aromatic carbocycles. The van der Waals surface area contributed by atoms with Gasteiger partial charge in [0.15, 0.2) is 0 Å². The van der Waals surface area contributed by atoms with E-state index in [1.165, 1.54) is 22.7 Å². The second kappa shape index (κ2) is 4.41. The van der Waals surface area contributed by atoms with Crippen molar-refractivity contribution in [3.63, 3.8) is 0 Å². The van der Waals surface area contributed by atoms with Gasteiger partial charge in [-0.25, -0.2) is 4.98 Å². The van der Waals surface area contributed by atoms with Gasteiger partial charge < -0.3 is 0 Å². The maximum Gasteiger partial charge on any atom is 0.203 e. The van der Waals surface area contributed by atoms with Crippen LogP contribution < -0.4 is 0 Å². The van der Waals surface area contributed by atoms with E-state index in [0.717, 1.165) is 8.84 Å². The van der Waals surface area contributed by atoms with Crippen molar-refractivity contribution >= 4 is 34.1 Å².